The van der Waals surface area contributed by atoms with E-state index in [9.17, 15) is 13.2 Å². The van der Waals surface area contributed by atoms with Crippen LogP contribution in [-0.2, 0) is 23.8 Å². The zero-order valence-electron chi connectivity index (χ0n) is 9.88. The van der Waals surface area contributed by atoms with Crippen LogP contribution in [0.2, 0.25) is 0 Å². The third kappa shape index (κ3) is 5.88. The minimum absolute atomic E-state index is 0.00846. The van der Waals surface area contributed by atoms with Gasteiger partial charge in [-0.3, -0.25) is 4.18 Å². The highest BCUT2D eigenvalue weighted by molar-refractivity contribution is 7.86. The average Bonchev–Trinajstić information content (AvgIpc) is 2.68. The highest BCUT2D eigenvalue weighted by Crippen LogP contribution is 2.09. The Morgan fingerprint density at radius 1 is 1.35 bits per heavy atom. The molecule has 100 valence electrons. The summed E-state index contributed by atoms with van der Waals surface area (Å²) in [5.74, 6) is 0.00846. The van der Waals surface area contributed by atoms with E-state index in [1.165, 1.54) is 0 Å². The predicted octanol–water partition coefficient (Wildman–Crippen LogP) is 1.45. The lowest BCUT2D eigenvalue weighted by Gasteiger charge is -2.08. The predicted molar refractivity (Wildman–Crippen MR) is 60.1 cm³/mol. The highest BCUT2D eigenvalue weighted by Gasteiger charge is 2.27. The Morgan fingerprint density at radius 2 is 2.12 bits per heavy atom. The van der Waals surface area contributed by atoms with Gasteiger partial charge in [-0.1, -0.05) is 26.2 Å². The molecule has 1 rings (SSSR count). The fraction of sp³-hybridized carbons (Fsp3) is 0.900. The van der Waals surface area contributed by atoms with Gasteiger partial charge < -0.3 is 9.47 Å². The van der Waals surface area contributed by atoms with Gasteiger partial charge >= 0.3 is 6.16 Å². The van der Waals surface area contributed by atoms with E-state index >= 15 is 0 Å². The van der Waals surface area contributed by atoms with Gasteiger partial charge in [0.2, 0.25) is 0 Å². The van der Waals surface area contributed by atoms with E-state index in [4.69, 9.17) is 4.18 Å². The zero-order valence-corrected chi connectivity index (χ0v) is 10.7. The third-order valence-electron chi connectivity index (χ3n) is 2.33. The van der Waals surface area contributed by atoms with Gasteiger partial charge in [0.05, 0.1) is 5.75 Å². The van der Waals surface area contributed by atoms with Crippen LogP contribution in [0.5, 0.6) is 0 Å². The maximum absolute atomic E-state index is 11.4. The monoisotopic (exact) mass is 266 g/mol. The van der Waals surface area contributed by atoms with Crippen molar-refractivity contribution in [1.82, 2.24) is 0 Å². The summed E-state index contributed by atoms with van der Waals surface area (Å²) in [5, 5.41) is 0. The molecule has 1 aliphatic rings. The Labute approximate surface area is 101 Å². The normalized spacial score (nSPS) is 20.1. The van der Waals surface area contributed by atoms with E-state index in [0.29, 0.717) is 6.42 Å². The Balaban J connectivity index is 2.18. The first-order valence-corrected chi connectivity index (χ1v) is 7.32. The molecule has 1 fully saturated rings. The van der Waals surface area contributed by atoms with Crippen molar-refractivity contribution in [1.29, 1.82) is 0 Å². The lowest BCUT2D eigenvalue weighted by atomic mass is 10.2. The lowest BCUT2D eigenvalue weighted by molar-refractivity contribution is 0.0996. The van der Waals surface area contributed by atoms with E-state index in [1.807, 2.05) is 0 Å². The quantitative estimate of drug-likeness (QED) is 0.376. The highest BCUT2D eigenvalue weighted by atomic mass is 32.2. The summed E-state index contributed by atoms with van der Waals surface area (Å²) in [6, 6.07) is 0. The van der Waals surface area contributed by atoms with Crippen LogP contribution >= 0.6 is 0 Å². The molecule has 1 unspecified atom stereocenters. The van der Waals surface area contributed by atoms with Crippen molar-refractivity contribution in [2.24, 2.45) is 0 Å². The van der Waals surface area contributed by atoms with Crippen LogP contribution in [0.4, 0.5) is 4.79 Å². The van der Waals surface area contributed by atoms with Crippen LogP contribution in [0.3, 0.4) is 0 Å². The van der Waals surface area contributed by atoms with Gasteiger partial charge in [0.1, 0.15) is 13.2 Å². The molecule has 6 nitrogen and oxygen atoms in total. The molecule has 1 aliphatic heterocycles. The molecule has 0 amide bonds. The molecule has 0 bridgehead atoms. The Hall–Kier alpha value is -0.820. The van der Waals surface area contributed by atoms with Crippen LogP contribution in [0.25, 0.3) is 0 Å². The largest absolute Gasteiger partial charge is 0.508 e. The van der Waals surface area contributed by atoms with Gasteiger partial charge in [-0.15, -0.1) is 0 Å². The molecule has 0 saturated carbocycles. The summed E-state index contributed by atoms with van der Waals surface area (Å²) >= 11 is 0. The molecule has 1 atom stereocenters. The topological polar surface area (TPSA) is 78.9 Å². The van der Waals surface area contributed by atoms with Crippen molar-refractivity contribution in [2.45, 2.75) is 38.7 Å². The lowest BCUT2D eigenvalue weighted by Crippen LogP contribution is -2.22. The number of hydrogen-bond acceptors (Lipinski definition) is 6. The molecule has 0 aliphatic carbocycles. The zero-order chi connectivity index (χ0) is 12.7. The van der Waals surface area contributed by atoms with Gasteiger partial charge in [0.25, 0.3) is 10.1 Å². The molecule has 0 spiro atoms. The van der Waals surface area contributed by atoms with Crippen LogP contribution in [-0.4, -0.2) is 39.6 Å². The minimum atomic E-state index is -3.51. The summed E-state index contributed by atoms with van der Waals surface area (Å²) in [6.07, 6.45) is 2.14. The number of unbranched alkanes of at least 4 members (excludes halogenated alkanes) is 3. The van der Waals surface area contributed by atoms with Gasteiger partial charge in [0.15, 0.2) is 6.10 Å². The number of ether oxygens (including phenoxy) is 2. The van der Waals surface area contributed by atoms with E-state index in [0.717, 1.165) is 19.3 Å². The van der Waals surface area contributed by atoms with Crippen molar-refractivity contribution in [3.05, 3.63) is 0 Å². The van der Waals surface area contributed by atoms with E-state index in [1.54, 1.807) is 0 Å². The van der Waals surface area contributed by atoms with Crippen molar-refractivity contribution in [3.8, 4) is 0 Å². The van der Waals surface area contributed by atoms with E-state index < -0.39 is 22.4 Å². The molecular formula is C10H18O6S. The number of hydrogen-bond donors (Lipinski definition) is 0. The third-order valence-corrected chi connectivity index (χ3v) is 3.62. The summed E-state index contributed by atoms with van der Waals surface area (Å²) in [5.41, 5.74) is 0. The van der Waals surface area contributed by atoms with Crippen LogP contribution < -0.4 is 0 Å². The summed E-state index contributed by atoms with van der Waals surface area (Å²) < 4.78 is 36.8. The van der Waals surface area contributed by atoms with Crippen LogP contribution in [0.1, 0.15) is 32.6 Å². The molecule has 0 aromatic heterocycles. The van der Waals surface area contributed by atoms with Crippen molar-refractivity contribution in [3.63, 3.8) is 0 Å². The standard InChI is InChI=1S/C10H18O6S/c1-2-3-4-5-6-17(12,13)15-8-9-7-14-10(11)16-9/h9H,2-8H2,1H3. The number of carbonyl (C=O) groups is 1. The SMILES string of the molecule is CCCCCCS(=O)(=O)OCC1COC(=O)O1. The molecular weight excluding hydrogens is 248 g/mol. The van der Waals surface area contributed by atoms with Crippen molar-refractivity contribution < 1.29 is 26.9 Å². The number of cyclic esters (lactones) is 2. The summed E-state index contributed by atoms with van der Waals surface area (Å²) in [6.45, 7) is 1.94. The second-order valence-electron chi connectivity index (χ2n) is 3.91. The van der Waals surface area contributed by atoms with Crippen molar-refractivity contribution >= 4 is 16.3 Å². The van der Waals surface area contributed by atoms with Gasteiger partial charge in [-0.25, -0.2) is 4.79 Å². The maximum atomic E-state index is 11.4. The van der Waals surface area contributed by atoms with Gasteiger partial charge in [0, 0.05) is 0 Å². The molecule has 0 aromatic carbocycles. The molecule has 0 radical (unpaired) electrons. The van der Waals surface area contributed by atoms with Crippen molar-refractivity contribution in [2.75, 3.05) is 19.0 Å². The molecule has 1 heterocycles. The number of carbonyl (C=O) groups excluding carboxylic acids is 1. The second kappa shape index (κ2) is 6.80. The second-order valence-corrected chi connectivity index (χ2v) is 5.67. The average molecular weight is 266 g/mol. The molecule has 0 aromatic rings. The van der Waals surface area contributed by atoms with Crippen LogP contribution in [0.15, 0.2) is 0 Å². The first kappa shape index (κ1) is 14.2. The maximum Gasteiger partial charge on any atom is 0.508 e. The molecule has 17 heavy (non-hydrogen) atoms. The molecule has 1 saturated heterocycles. The first-order chi connectivity index (χ1) is 8.03. The first-order valence-electron chi connectivity index (χ1n) is 5.74. The van der Waals surface area contributed by atoms with E-state index in [2.05, 4.69) is 16.4 Å². The van der Waals surface area contributed by atoms with Gasteiger partial charge in [-0.2, -0.15) is 8.42 Å². The fourth-order valence-electron chi connectivity index (χ4n) is 1.39. The number of rotatable bonds is 8. The van der Waals surface area contributed by atoms with E-state index in [-0.39, 0.29) is 19.0 Å². The molecule has 7 heteroatoms. The summed E-state index contributed by atoms with van der Waals surface area (Å²) in [4.78, 5) is 10.6. The fourth-order valence-corrected chi connectivity index (χ4v) is 2.43. The Morgan fingerprint density at radius 3 is 2.71 bits per heavy atom. The smallest absolute Gasteiger partial charge is 0.430 e. The Bertz CT molecular complexity index is 337. The van der Waals surface area contributed by atoms with Crippen LogP contribution in [0, 0.1) is 0 Å². The minimum Gasteiger partial charge on any atom is -0.430 e. The summed E-state index contributed by atoms with van der Waals surface area (Å²) in [7, 11) is -3.51. The molecule has 0 N–H and O–H groups in total. The van der Waals surface area contributed by atoms with Gasteiger partial charge in [-0.05, 0) is 6.42 Å². The Kier molecular flexibility index (Phi) is 5.70.